The van der Waals surface area contributed by atoms with Crippen LogP contribution in [0.25, 0.3) is 28.5 Å². The topological polar surface area (TPSA) is 92.3 Å². The highest BCUT2D eigenvalue weighted by molar-refractivity contribution is 7.15. The number of hydrogen-bond acceptors (Lipinski definition) is 6. The fourth-order valence-electron chi connectivity index (χ4n) is 3.49. The average Bonchev–Trinajstić information content (AvgIpc) is 3.50. The molecule has 0 saturated heterocycles. The minimum Gasteiger partial charge on any atom is -0.462 e. The second-order valence-corrected chi connectivity index (χ2v) is 9.09. The van der Waals surface area contributed by atoms with Gasteiger partial charge in [0.15, 0.2) is 0 Å². The number of carbonyl (C=O) groups is 2. The Balaban J connectivity index is 1.62. The maximum absolute atomic E-state index is 13.0. The van der Waals surface area contributed by atoms with Gasteiger partial charge in [0, 0.05) is 27.6 Å². The van der Waals surface area contributed by atoms with Gasteiger partial charge in [-0.3, -0.25) is 4.79 Å². The van der Waals surface area contributed by atoms with E-state index < -0.39 is 11.9 Å². The maximum atomic E-state index is 13.0. The predicted molar refractivity (Wildman–Crippen MR) is 142 cm³/mol. The summed E-state index contributed by atoms with van der Waals surface area (Å²) in [6, 6.07) is 20.1. The van der Waals surface area contributed by atoms with Crippen LogP contribution in [0.5, 0.6) is 0 Å². The van der Waals surface area contributed by atoms with Crippen LogP contribution >= 0.6 is 22.9 Å². The molecule has 4 rings (SSSR count). The van der Waals surface area contributed by atoms with Gasteiger partial charge in [0.25, 0.3) is 5.91 Å². The van der Waals surface area contributed by atoms with Crippen LogP contribution in [0.2, 0.25) is 5.02 Å². The summed E-state index contributed by atoms with van der Waals surface area (Å²) in [4.78, 5) is 25.8. The molecule has 0 radical (unpaired) electrons. The minimum absolute atomic E-state index is 0.179. The fourth-order valence-corrected chi connectivity index (χ4v) is 4.63. The van der Waals surface area contributed by atoms with E-state index in [0.717, 1.165) is 16.7 Å². The van der Waals surface area contributed by atoms with Crippen molar-refractivity contribution in [2.24, 2.45) is 0 Å². The lowest BCUT2D eigenvalue weighted by molar-refractivity contribution is -0.112. The van der Waals surface area contributed by atoms with Gasteiger partial charge in [-0.2, -0.15) is 5.26 Å². The Bertz CT molecular complexity index is 1490. The predicted octanol–water partition coefficient (Wildman–Crippen LogP) is 7.36. The zero-order valence-electron chi connectivity index (χ0n) is 19.5. The van der Waals surface area contributed by atoms with Crippen molar-refractivity contribution in [1.82, 2.24) is 0 Å². The lowest BCUT2D eigenvalue weighted by Crippen LogP contribution is -2.16. The van der Waals surface area contributed by atoms with Crippen LogP contribution in [-0.2, 0) is 9.53 Å². The number of halogens is 1. The van der Waals surface area contributed by atoms with E-state index in [-0.39, 0.29) is 17.7 Å². The average molecular weight is 517 g/mol. The Morgan fingerprint density at radius 2 is 1.92 bits per heavy atom. The number of nitrogens with zero attached hydrogens (tertiary/aromatic N) is 1. The van der Waals surface area contributed by atoms with Crippen LogP contribution in [-0.4, -0.2) is 18.5 Å². The van der Waals surface area contributed by atoms with E-state index in [9.17, 15) is 14.9 Å². The normalized spacial score (nSPS) is 11.1. The Morgan fingerprint density at radius 1 is 1.14 bits per heavy atom. The quantitative estimate of drug-likeness (QED) is 0.157. The molecule has 36 heavy (non-hydrogen) atoms. The molecule has 0 aliphatic heterocycles. The summed E-state index contributed by atoms with van der Waals surface area (Å²) >= 11 is 7.24. The Kier molecular flexibility index (Phi) is 7.69. The molecule has 2 aromatic carbocycles. The number of hydrogen-bond donors (Lipinski definition) is 1. The van der Waals surface area contributed by atoms with Gasteiger partial charge in [0.1, 0.15) is 33.7 Å². The number of benzene rings is 2. The first-order chi connectivity index (χ1) is 17.4. The van der Waals surface area contributed by atoms with Crippen molar-refractivity contribution < 1.29 is 18.7 Å². The smallest absolute Gasteiger partial charge is 0.341 e. The zero-order chi connectivity index (χ0) is 25.7. The first-order valence-corrected chi connectivity index (χ1v) is 12.3. The van der Waals surface area contributed by atoms with E-state index in [4.69, 9.17) is 20.8 Å². The Hall–Kier alpha value is -4.12. The molecule has 0 saturated carbocycles. The van der Waals surface area contributed by atoms with E-state index in [2.05, 4.69) is 5.32 Å². The van der Waals surface area contributed by atoms with Crippen molar-refractivity contribution in [2.45, 2.75) is 13.8 Å². The number of nitrogens with one attached hydrogen (secondary N) is 1. The molecule has 2 heterocycles. The van der Waals surface area contributed by atoms with Gasteiger partial charge in [-0.25, -0.2) is 4.79 Å². The van der Waals surface area contributed by atoms with Crippen LogP contribution in [0, 0.1) is 18.3 Å². The Labute approximate surface area is 217 Å². The molecule has 1 N–H and O–H groups in total. The number of rotatable bonds is 7. The molecule has 0 bridgehead atoms. The first kappa shape index (κ1) is 25.0. The molecule has 0 aliphatic rings. The van der Waals surface area contributed by atoms with E-state index >= 15 is 0 Å². The van der Waals surface area contributed by atoms with Crippen LogP contribution in [0.15, 0.2) is 76.0 Å². The highest BCUT2D eigenvalue weighted by Crippen LogP contribution is 2.36. The largest absolute Gasteiger partial charge is 0.462 e. The second kappa shape index (κ2) is 11.1. The third-order valence-electron chi connectivity index (χ3n) is 5.25. The van der Waals surface area contributed by atoms with Crippen LogP contribution in [0.4, 0.5) is 5.00 Å². The molecule has 8 heteroatoms. The van der Waals surface area contributed by atoms with Crippen molar-refractivity contribution in [3.8, 4) is 28.5 Å². The van der Waals surface area contributed by atoms with Crippen molar-refractivity contribution in [1.29, 1.82) is 5.26 Å². The highest BCUT2D eigenvalue weighted by Gasteiger charge is 2.24. The standard InChI is InChI=1S/C28H21ClN2O4S/c1-3-34-28(33)25-23(18-9-7-17(2)8-10-18)16-36-27(25)31-26(32)20(15-30)14-22-11-12-24(35-22)19-5-4-6-21(29)13-19/h4-14,16H,3H2,1-2H3,(H,31,32). The molecular weight excluding hydrogens is 496 g/mol. The van der Waals surface area contributed by atoms with Gasteiger partial charge in [-0.1, -0.05) is 53.6 Å². The van der Waals surface area contributed by atoms with Crippen LogP contribution in [0.1, 0.15) is 28.6 Å². The number of aryl methyl sites for hydroxylation is 1. The van der Waals surface area contributed by atoms with Crippen molar-refractivity contribution in [3.05, 3.63) is 93.5 Å². The molecule has 0 unspecified atom stereocenters. The summed E-state index contributed by atoms with van der Waals surface area (Å²) in [5.74, 6) is -0.341. The summed E-state index contributed by atoms with van der Waals surface area (Å²) < 4.78 is 11.0. The van der Waals surface area contributed by atoms with Gasteiger partial charge in [-0.05, 0) is 43.7 Å². The number of amides is 1. The van der Waals surface area contributed by atoms with Crippen molar-refractivity contribution in [3.63, 3.8) is 0 Å². The van der Waals surface area contributed by atoms with Gasteiger partial charge in [0.2, 0.25) is 0 Å². The number of furan rings is 1. The number of esters is 1. The summed E-state index contributed by atoms with van der Waals surface area (Å²) in [6.07, 6.45) is 1.35. The fraction of sp³-hybridized carbons (Fsp3) is 0.107. The molecule has 0 atom stereocenters. The van der Waals surface area contributed by atoms with E-state index in [1.807, 2.05) is 43.3 Å². The monoisotopic (exact) mass is 516 g/mol. The molecule has 0 aliphatic carbocycles. The third-order valence-corrected chi connectivity index (χ3v) is 6.38. The molecular formula is C28H21ClN2O4S. The molecule has 180 valence electrons. The van der Waals surface area contributed by atoms with E-state index in [1.165, 1.54) is 17.4 Å². The summed E-state index contributed by atoms with van der Waals surface area (Å²) in [7, 11) is 0. The van der Waals surface area contributed by atoms with Gasteiger partial charge in [0.05, 0.1) is 6.61 Å². The van der Waals surface area contributed by atoms with E-state index in [0.29, 0.717) is 27.1 Å². The molecule has 0 fully saturated rings. The number of carbonyl (C=O) groups excluding carboxylic acids is 2. The number of thiophene rings is 1. The number of anilines is 1. The molecule has 6 nitrogen and oxygen atoms in total. The van der Waals surface area contributed by atoms with Crippen molar-refractivity contribution in [2.75, 3.05) is 11.9 Å². The number of nitriles is 1. The van der Waals surface area contributed by atoms with Gasteiger partial charge >= 0.3 is 5.97 Å². The van der Waals surface area contributed by atoms with Crippen LogP contribution < -0.4 is 5.32 Å². The minimum atomic E-state index is -0.666. The third kappa shape index (κ3) is 5.57. The van der Waals surface area contributed by atoms with Gasteiger partial charge in [-0.15, -0.1) is 11.3 Å². The number of ether oxygens (including phenoxy) is 1. The van der Waals surface area contributed by atoms with Crippen molar-refractivity contribution >= 4 is 45.9 Å². The summed E-state index contributed by atoms with van der Waals surface area (Å²) in [5, 5.41) is 15.0. The Morgan fingerprint density at radius 3 is 2.61 bits per heavy atom. The SMILES string of the molecule is CCOC(=O)c1c(-c2ccc(C)cc2)csc1NC(=O)C(C#N)=Cc1ccc(-c2cccc(Cl)c2)o1. The first-order valence-electron chi connectivity index (χ1n) is 11.0. The molecule has 0 spiro atoms. The maximum Gasteiger partial charge on any atom is 0.341 e. The lowest BCUT2D eigenvalue weighted by atomic mass is 10.0. The second-order valence-electron chi connectivity index (χ2n) is 7.78. The lowest BCUT2D eigenvalue weighted by Gasteiger charge is -2.09. The highest BCUT2D eigenvalue weighted by atomic mass is 35.5. The summed E-state index contributed by atoms with van der Waals surface area (Å²) in [6.45, 7) is 3.87. The molecule has 4 aromatic rings. The van der Waals surface area contributed by atoms with Gasteiger partial charge < -0.3 is 14.5 Å². The van der Waals surface area contributed by atoms with E-state index in [1.54, 1.807) is 42.6 Å². The summed E-state index contributed by atoms with van der Waals surface area (Å²) in [5.41, 5.74) is 3.39. The zero-order valence-corrected chi connectivity index (χ0v) is 21.1. The van der Waals surface area contributed by atoms with Crippen LogP contribution in [0.3, 0.4) is 0 Å². The molecule has 1 amide bonds. The molecule has 2 aromatic heterocycles.